The molecular formula is C11H21N3O3. The minimum atomic E-state index is -0.488. The van der Waals surface area contributed by atoms with Gasteiger partial charge in [-0.25, -0.2) is 0 Å². The van der Waals surface area contributed by atoms with Crippen molar-refractivity contribution in [1.82, 2.24) is 10.2 Å². The largest absolute Gasteiger partial charge is 0.368 e. The molecule has 1 unspecified atom stereocenters. The summed E-state index contributed by atoms with van der Waals surface area (Å²) in [5, 5.41) is 3.09. The second kappa shape index (κ2) is 7.24. The van der Waals surface area contributed by atoms with E-state index in [4.69, 9.17) is 10.5 Å². The van der Waals surface area contributed by atoms with Gasteiger partial charge in [0, 0.05) is 19.6 Å². The van der Waals surface area contributed by atoms with Crippen LogP contribution in [-0.2, 0) is 14.3 Å². The Morgan fingerprint density at radius 3 is 2.82 bits per heavy atom. The number of nitrogens with zero attached hydrogens (tertiary/aromatic N) is 1. The summed E-state index contributed by atoms with van der Waals surface area (Å²) >= 11 is 0. The smallest absolute Gasteiger partial charge is 0.253 e. The first kappa shape index (κ1) is 13.9. The van der Waals surface area contributed by atoms with E-state index in [1.165, 1.54) is 4.90 Å². The molecule has 1 saturated heterocycles. The number of nitrogens with one attached hydrogen (secondary N) is 1. The van der Waals surface area contributed by atoms with Gasteiger partial charge in [-0.1, -0.05) is 13.3 Å². The number of carbonyl (C=O) groups is 2. The van der Waals surface area contributed by atoms with Crippen molar-refractivity contribution in [2.24, 2.45) is 5.73 Å². The molecule has 1 fully saturated rings. The standard InChI is InChI=1S/C11H21N3O3/c1-2-3-5-14(8-10(12)15)11(16)9-7-13-4-6-17-9/h9,13H,2-8H2,1H3,(H2,12,15). The highest BCUT2D eigenvalue weighted by atomic mass is 16.5. The average molecular weight is 243 g/mol. The maximum atomic E-state index is 12.1. The van der Waals surface area contributed by atoms with Crippen molar-refractivity contribution in [2.45, 2.75) is 25.9 Å². The SMILES string of the molecule is CCCCN(CC(N)=O)C(=O)C1CNCCO1. The number of nitrogens with two attached hydrogens (primary N) is 1. The van der Waals surface area contributed by atoms with Gasteiger partial charge in [0.25, 0.3) is 5.91 Å². The summed E-state index contributed by atoms with van der Waals surface area (Å²) in [5.41, 5.74) is 5.14. The number of rotatable bonds is 6. The van der Waals surface area contributed by atoms with Crippen molar-refractivity contribution in [3.8, 4) is 0 Å². The lowest BCUT2D eigenvalue weighted by molar-refractivity contribution is -0.147. The Balaban J connectivity index is 2.53. The Hall–Kier alpha value is -1.14. The predicted octanol–water partition coefficient (Wildman–Crippen LogP) is -0.911. The molecule has 2 amide bonds. The lowest BCUT2D eigenvalue weighted by atomic mass is 10.2. The third kappa shape index (κ3) is 4.70. The Morgan fingerprint density at radius 1 is 1.53 bits per heavy atom. The number of carbonyl (C=O) groups excluding carboxylic acids is 2. The van der Waals surface area contributed by atoms with Crippen molar-refractivity contribution < 1.29 is 14.3 Å². The summed E-state index contributed by atoms with van der Waals surface area (Å²) in [6.07, 6.45) is 1.34. The van der Waals surface area contributed by atoms with E-state index < -0.39 is 12.0 Å². The van der Waals surface area contributed by atoms with E-state index >= 15 is 0 Å². The van der Waals surface area contributed by atoms with Crippen LogP contribution in [0.2, 0.25) is 0 Å². The molecule has 6 heteroatoms. The fourth-order valence-corrected chi connectivity index (χ4v) is 1.73. The number of unbranched alkanes of at least 4 members (excludes halogenated alkanes) is 1. The quantitative estimate of drug-likeness (QED) is 0.632. The molecule has 0 bridgehead atoms. The van der Waals surface area contributed by atoms with Crippen LogP contribution in [0.4, 0.5) is 0 Å². The summed E-state index contributed by atoms with van der Waals surface area (Å²) in [6.45, 7) is 4.34. The zero-order valence-corrected chi connectivity index (χ0v) is 10.3. The lowest BCUT2D eigenvalue weighted by Gasteiger charge is -2.29. The van der Waals surface area contributed by atoms with Crippen LogP contribution in [0.1, 0.15) is 19.8 Å². The summed E-state index contributed by atoms with van der Waals surface area (Å²) in [5.74, 6) is -0.636. The number of hydrogen-bond donors (Lipinski definition) is 2. The molecule has 1 heterocycles. The zero-order chi connectivity index (χ0) is 12.7. The van der Waals surface area contributed by atoms with E-state index in [9.17, 15) is 9.59 Å². The van der Waals surface area contributed by atoms with Crippen molar-refractivity contribution in [2.75, 3.05) is 32.8 Å². The number of morpholine rings is 1. The molecule has 0 aromatic heterocycles. The van der Waals surface area contributed by atoms with Crippen LogP contribution in [0.5, 0.6) is 0 Å². The topological polar surface area (TPSA) is 84.7 Å². The third-order valence-electron chi connectivity index (χ3n) is 2.64. The van der Waals surface area contributed by atoms with E-state index in [2.05, 4.69) is 5.32 Å². The third-order valence-corrected chi connectivity index (χ3v) is 2.64. The maximum absolute atomic E-state index is 12.1. The Labute approximate surface area is 101 Å². The first-order valence-corrected chi connectivity index (χ1v) is 6.04. The van der Waals surface area contributed by atoms with Gasteiger partial charge in [0.05, 0.1) is 13.2 Å². The molecule has 1 atom stereocenters. The van der Waals surface area contributed by atoms with Gasteiger partial charge in [-0.2, -0.15) is 0 Å². The normalized spacial score (nSPS) is 19.9. The van der Waals surface area contributed by atoms with Crippen molar-refractivity contribution >= 4 is 11.8 Å². The fourth-order valence-electron chi connectivity index (χ4n) is 1.73. The summed E-state index contributed by atoms with van der Waals surface area (Å²) in [6, 6.07) is 0. The Morgan fingerprint density at radius 2 is 2.29 bits per heavy atom. The van der Waals surface area contributed by atoms with Crippen LogP contribution in [0, 0.1) is 0 Å². The Kier molecular flexibility index (Phi) is 5.93. The monoisotopic (exact) mass is 243 g/mol. The first-order valence-electron chi connectivity index (χ1n) is 6.04. The van der Waals surface area contributed by atoms with Gasteiger partial charge in [-0.3, -0.25) is 9.59 Å². The predicted molar refractivity (Wildman–Crippen MR) is 63.3 cm³/mol. The lowest BCUT2D eigenvalue weighted by Crippen LogP contribution is -2.51. The molecule has 0 aromatic rings. The molecule has 1 aliphatic rings. The number of primary amides is 1. The van der Waals surface area contributed by atoms with Crippen LogP contribution in [0.15, 0.2) is 0 Å². The summed E-state index contributed by atoms with van der Waals surface area (Å²) in [7, 11) is 0. The molecule has 1 rings (SSSR count). The molecule has 0 aliphatic carbocycles. The highest BCUT2D eigenvalue weighted by Crippen LogP contribution is 2.04. The fraction of sp³-hybridized carbons (Fsp3) is 0.818. The second-order valence-corrected chi connectivity index (χ2v) is 4.14. The van der Waals surface area contributed by atoms with E-state index in [0.29, 0.717) is 19.7 Å². The van der Waals surface area contributed by atoms with Crippen LogP contribution in [-0.4, -0.2) is 55.6 Å². The molecule has 0 spiro atoms. The van der Waals surface area contributed by atoms with Gasteiger partial charge in [-0.05, 0) is 6.42 Å². The van der Waals surface area contributed by atoms with Crippen LogP contribution < -0.4 is 11.1 Å². The molecule has 98 valence electrons. The first-order chi connectivity index (χ1) is 8.15. The second-order valence-electron chi connectivity index (χ2n) is 4.14. The highest BCUT2D eigenvalue weighted by molar-refractivity contribution is 5.86. The number of hydrogen-bond acceptors (Lipinski definition) is 4. The minimum Gasteiger partial charge on any atom is -0.368 e. The van der Waals surface area contributed by atoms with Crippen molar-refractivity contribution in [3.63, 3.8) is 0 Å². The number of ether oxygens (including phenoxy) is 1. The van der Waals surface area contributed by atoms with Gasteiger partial charge in [-0.15, -0.1) is 0 Å². The molecular weight excluding hydrogens is 222 g/mol. The molecule has 3 N–H and O–H groups in total. The van der Waals surface area contributed by atoms with Gasteiger partial charge in [0.2, 0.25) is 5.91 Å². The minimum absolute atomic E-state index is 0.0291. The molecule has 0 radical (unpaired) electrons. The average Bonchev–Trinajstić information content (AvgIpc) is 2.34. The van der Waals surface area contributed by atoms with Crippen LogP contribution in [0.25, 0.3) is 0 Å². The zero-order valence-electron chi connectivity index (χ0n) is 10.3. The Bertz CT molecular complexity index is 265. The molecule has 0 aromatic carbocycles. The van der Waals surface area contributed by atoms with E-state index in [1.807, 2.05) is 6.92 Å². The molecule has 6 nitrogen and oxygen atoms in total. The summed E-state index contributed by atoms with van der Waals surface area (Å²) < 4.78 is 5.38. The molecule has 1 aliphatic heterocycles. The van der Waals surface area contributed by atoms with Gasteiger partial charge in [0.15, 0.2) is 0 Å². The van der Waals surface area contributed by atoms with Crippen molar-refractivity contribution in [1.29, 1.82) is 0 Å². The number of amides is 2. The van der Waals surface area contributed by atoms with E-state index in [1.54, 1.807) is 0 Å². The van der Waals surface area contributed by atoms with Crippen molar-refractivity contribution in [3.05, 3.63) is 0 Å². The van der Waals surface area contributed by atoms with E-state index in [-0.39, 0.29) is 12.5 Å². The maximum Gasteiger partial charge on any atom is 0.253 e. The van der Waals surface area contributed by atoms with Gasteiger partial charge in [0.1, 0.15) is 6.10 Å². The highest BCUT2D eigenvalue weighted by Gasteiger charge is 2.27. The van der Waals surface area contributed by atoms with Crippen LogP contribution >= 0.6 is 0 Å². The van der Waals surface area contributed by atoms with Crippen LogP contribution in [0.3, 0.4) is 0 Å². The van der Waals surface area contributed by atoms with Gasteiger partial charge >= 0.3 is 0 Å². The van der Waals surface area contributed by atoms with Gasteiger partial charge < -0.3 is 20.7 Å². The molecule has 17 heavy (non-hydrogen) atoms. The molecule has 0 saturated carbocycles. The summed E-state index contributed by atoms with van der Waals surface area (Å²) in [4.78, 5) is 24.5. The van der Waals surface area contributed by atoms with E-state index in [0.717, 1.165) is 19.4 Å².